The lowest BCUT2D eigenvalue weighted by Crippen LogP contribution is -1.99. The number of carbonyl (C=O) groups is 2. The third-order valence-corrected chi connectivity index (χ3v) is 5.00. The third kappa shape index (κ3) is 3.60. The van der Waals surface area contributed by atoms with E-state index in [1.807, 2.05) is 0 Å². The van der Waals surface area contributed by atoms with Gasteiger partial charge >= 0.3 is 0 Å². The molecule has 0 bridgehead atoms. The summed E-state index contributed by atoms with van der Waals surface area (Å²) < 4.78 is 1.99. The average molecular weight is 464 g/mol. The molecule has 0 radical (unpaired) electrons. The zero-order valence-electron chi connectivity index (χ0n) is 15.4. The van der Waals surface area contributed by atoms with E-state index in [9.17, 15) is 19.8 Å². The van der Waals surface area contributed by atoms with Crippen LogP contribution in [0.1, 0.15) is 20.7 Å². The van der Waals surface area contributed by atoms with E-state index >= 15 is 0 Å². The van der Waals surface area contributed by atoms with Crippen molar-refractivity contribution < 1.29 is 19.8 Å². The van der Waals surface area contributed by atoms with Gasteiger partial charge in [0.15, 0.2) is 0 Å². The van der Waals surface area contributed by atoms with Crippen molar-refractivity contribution in [1.82, 2.24) is 4.57 Å². The van der Waals surface area contributed by atoms with Gasteiger partial charge in [0, 0.05) is 26.4 Å². The molecule has 3 aromatic carbocycles. The molecule has 0 atom stereocenters. The summed E-state index contributed by atoms with van der Waals surface area (Å²) >= 11 is 3.27. The highest BCUT2D eigenvalue weighted by atomic mass is 79.9. The van der Waals surface area contributed by atoms with Crippen LogP contribution >= 0.6 is 15.9 Å². The minimum atomic E-state index is -0.684. The predicted octanol–water partition coefficient (Wildman–Crippen LogP) is 5.24. The Kier molecular flexibility index (Phi) is 5.16. The number of aromatic hydroxyl groups is 2. The normalized spacial score (nSPS) is 11.2. The monoisotopic (exact) mass is 463 g/mol. The Labute approximate surface area is 179 Å². The van der Waals surface area contributed by atoms with Crippen LogP contribution in [-0.4, -0.2) is 26.6 Å². The first kappa shape index (κ1) is 19.5. The van der Waals surface area contributed by atoms with Gasteiger partial charge in [-0.25, -0.2) is 0 Å². The van der Waals surface area contributed by atoms with E-state index in [2.05, 4.69) is 26.2 Å². The zero-order chi connectivity index (χ0) is 21.3. The molecule has 0 aliphatic carbocycles. The number of azo groups is 1. The van der Waals surface area contributed by atoms with Crippen LogP contribution in [0.3, 0.4) is 0 Å². The topological polar surface area (TPSA) is 104 Å². The summed E-state index contributed by atoms with van der Waals surface area (Å²) in [6.45, 7) is 0. The summed E-state index contributed by atoms with van der Waals surface area (Å²) in [5.41, 5.74) is 0.974. The van der Waals surface area contributed by atoms with Gasteiger partial charge in [0.05, 0.1) is 5.69 Å². The Morgan fingerprint density at radius 2 is 1.30 bits per heavy atom. The number of hydrogen-bond donors (Lipinski definition) is 2. The number of aromatic nitrogens is 1. The molecule has 1 aromatic heterocycles. The number of fused-ring (bicyclic) bond motifs is 1. The van der Waals surface area contributed by atoms with Gasteiger partial charge in [-0.3, -0.25) is 14.2 Å². The Morgan fingerprint density at radius 1 is 0.733 bits per heavy atom. The number of carbonyl (C=O) groups excluding carboxylic acids is 2. The highest BCUT2D eigenvalue weighted by Crippen LogP contribution is 2.38. The van der Waals surface area contributed by atoms with Crippen molar-refractivity contribution in [3.8, 4) is 17.4 Å². The molecule has 0 spiro atoms. The van der Waals surface area contributed by atoms with Crippen molar-refractivity contribution in [2.24, 2.45) is 10.2 Å². The van der Waals surface area contributed by atoms with E-state index in [-0.39, 0.29) is 17.3 Å². The van der Waals surface area contributed by atoms with Crippen LogP contribution in [0.4, 0.5) is 0 Å². The van der Waals surface area contributed by atoms with Gasteiger partial charge in [0.2, 0.25) is 11.8 Å². The van der Waals surface area contributed by atoms with Crippen molar-refractivity contribution in [2.45, 2.75) is 0 Å². The molecule has 0 aliphatic rings. The van der Waals surface area contributed by atoms with Crippen molar-refractivity contribution >= 4 is 38.5 Å². The smallest absolute Gasteiger partial charge is 0.295 e. The number of rotatable bonds is 3. The molecule has 4 rings (SSSR count). The highest BCUT2D eigenvalue weighted by molar-refractivity contribution is 9.10. The molecular formula is C22H14BrN3O4. The predicted molar refractivity (Wildman–Crippen MR) is 114 cm³/mol. The van der Waals surface area contributed by atoms with Crippen LogP contribution in [0.25, 0.3) is 16.5 Å². The maximum Gasteiger partial charge on any atom is 0.295 e. The van der Waals surface area contributed by atoms with Gasteiger partial charge in [-0.15, -0.1) is 10.2 Å². The van der Waals surface area contributed by atoms with Crippen molar-refractivity contribution in [3.63, 3.8) is 0 Å². The zero-order valence-corrected chi connectivity index (χ0v) is 16.9. The van der Waals surface area contributed by atoms with E-state index in [0.29, 0.717) is 22.0 Å². The fourth-order valence-electron chi connectivity index (χ4n) is 3.04. The molecule has 0 aliphatic heterocycles. The third-order valence-electron chi connectivity index (χ3n) is 4.51. The van der Waals surface area contributed by atoms with E-state index in [0.717, 1.165) is 4.47 Å². The fourth-order valence-corrected chi connectivity index (χ4v) is 3.44. The maximum absolute atomic E-state index is 12.2. The first-order chi connectivity index (χ1) is 14.5. The minimum Gasteiger partial charge on any atom is -0.494 e. The minimum absolute atomic E-state index is 0.110. The van der Waals surface area contributed by atoms with Gasteiger partial charge in [-0.1, -0.05) is 34.1 Å². The van der Waals surface area contributed by atoms with Gasteiger partial charge < -0.3 is 10.2 Å². The van der Waals surface area contributed by atoms with Gasteiger partial charge in [-0.2, -0.15) is 0 Å². The summed E-state index contributed by atoms with van der Waals surface area (Å²) in [6, 6.07) is 19.6. The molecule has 0 saturated heterocycles. The summed E-state index contributed by atoms with van der Waals surface area (Å²) in [5, 5.41) is 28.9. The van der Waals surface area contributed by atoms with E-state index in [1.165, 1.54) is 16.7 Å². The Morgan fingerprint density at radius 3 is 1.87 bits per heavy atom. The molecule has 2 amide bonds. The van der Waals surface area contributed by atoms with Crippen LogP contribution < -0.4 is 0 Å². The lowest BCUT2D eigenvalue weighted by molar-refractivity contribution is 0.0947. The standard InChI is InChI=1S/C22H14BrN3O4/c23-15-5-3-4-14(12-15)20(28)25-24-19(27)13-8-10-16(11-9-13)26-21(29)17-6-1-2-7-18(17)22(26)30/h1-12,29-30H. The van der Waals surface area contributed by atoms with Gasteiger partial charge in [0.1, 0.15) is 0 Å². The summed E-state index contributed by atoms with van der Waals surface area (Å²) in [7, 11) is 0. The number of halogens is 1. The molecular weight excluding hydrogens is 450 g/mol. The Balaban J connectivity index is 1.57. The van der Waals surface area contributed by atoms with Gasteiger partial charge in [-0.05, 0) is 54.6 Å². The molecule has 0 saturated carbocycles. The molecule has 0 fully saturated rings. The maximum atomic E-state index is 12.2. The quantitative estimate of drug-likeness (QED) is 0.405. The Bertz CT molecular complexity index is 1270. The molecule has 7 nitrogen and oxygen atoms in total. The van der Waals surface area contributed by atoms with Crippen LogP contribution in [0.5, 0.6) is 11.8 Å². The van der Waals surface area contributed by atoms with Crippen LogP contribution in [-0.2, 0) is 0 Å². The molecule has 8 heteroatoms. The molecule has 148 valence electrons. The molecule has 4 aromatic rings. The molecule has 2 N–H and O–H groups in total. The van der Waals surface area contributed by atoms with Gasteiger partial charge in [0.25, 0.3) is 11.8 Å². The average Bonchev–Trinajstić information content (AvgIpc) is 3.02. The van der Waals surface area contributed by atoms with E-state index in [4.69, 9.17) is 0 Å². The Hall–Kier alpha value is -3.78. The number of nitrogens with zero attached hydrogens (tertiary/aromatic N) is 3. The van der Waals surface area contributed by atoms with E-state index < -0.39 is 11.8 Å². The first-order valence-corrected chi connectivity index (χ1v) is 9.63. The first-order valence-electron chi connectivity index (χ1n) is 8.83. The highest BCUT2D eigenvalue weighted by Gasteiger charge is 2.17. The molecule has 1 heterocycles. The summed E-state index contributed by atoms with van der Waals surface area (Å²) in [6.07, 6.45) is 0. The SMILES string of the molecule is O=C(N=NC(=O)c1cccc(Br)c1)c1ccc(-n2c(O)c3ccccc3c2O)cc1. The molecule has 0 unspecified atom stereocenters. The summed E-state index contributed by atoms with van der Waals surface area (Å²) in [5.74, 6) is -1.53. The van der Waals surface area contributed by atoms with Crippen LogP contribution in [0.2, 0.25) is 0 Å². The second-order valence-corrected chi connectivity index (χ2v) is 7.31. The van der Waals surface area contributed by atoms with Crippen LogP contribution in [0, 0.1) is 0 Å². The number of hydrogen-bond acceptors (Lipinski definition) is 4. The number of benzene rings is 3. The lowest BCUT2D eigenvalue weighted by atomic mass is 10.2. The van der Waals surface area contributed by atoms with Crippen LogP contribution in [0.15, 0.2) is 87.5 Å². The number of amides is 2. The second-order valence-electron chi connectivity index (χ2n) is 6.40. The fraction of sp³-hybridized carbons (Fsp3) is 0. The van der Waals surface area contributed by atoms with E-state index in [1.54, 1.807) is 60.7 Å². The lowest BCUT2D eigenvalue weighted by Gasteiger charge is -2.07. The van der Waals surface area contributed by atoms with Crippen molar-refractivity contribution in [3.05, 3.63) is 88.4 Å². The largest absolute Gasteiger partial charge is 0.494 e. The van der Waals surface area contributed by atoms with Crippen molar-refractivity contribution in [1.29, 1.82) is 0 Å². The van der Waals surface area contributed by atoms with Crippen molar-refractivity contribution in [2.75, 3.05) is 0 Å². The summed E-state index contributed by atoms with van der Waals surface area (Å²) in [4.78, 5) is 24.3. The molecule has 30 heavy (non-hydrogen) atoms. The second kappa shape index (κ2) is 7.92.